The maximum absolute atomic E-state index is 10.4. The van der Waals surface area contributed by atoms with E-state index in [9.17, 15) is 5.11 Å². The minimum absolute atomic E-state index is 0.205. The van der Waals surface area contributed by atoms with Crippen LogP contribution in [0, 0.1) is 11.8 Å². The highest BCUT2D eigenvalue weighted by Gasteiger charge is 2.34. The number of para-hydroxylation sites is 2. The Morgan fingerprint density at radius 2 is 1.77 bits per heavy atom. The van der Waals surface area contributed by atoms with Gasteiger partial charge in [-0.1, -0.05) is 43.0 Å². The van der Waals surface area contributed by atoms with Gasteiger partial charge in [-0.2, -0.15) is 0 Å². The van der Waals surface area contributed by atoms with E-state index in [0.717, 1.165) is 113 Å². The zero-order valence-corrected chi connectivity index (χ0v) is 27.7. The smallest absolute Gasteiger partial charge is 0.225 e. The zero-order valence-electron chi connectivity index (χ0n) is 27.7. The van der Waals surface area contributed by atoms with Gasteiger partial charge in [0.05, 0.1) is 29.6 Å². The van der Waals surface area contributed by atoms with Crippen molar-refractivity contribution >= 4 is 17.5 Å². The SMILES string of the molecule is CCC#Cc1ccccc1OCCCCN1CCC(c2cnc(N3CCN4c5cc(-c6ccccc6O)nnc5NC[C@H]4C3)nc2)CC1. The number of aromatic hydroxyl groups is 1. The Bertz CT molecular complexity index is 1750. The van der Waals surface area contributed by atoms with Gasteiger partial charge >= 0.3 is 0 Å². The Hall–Kier alpha value is -4.88. The maximum Gasteiger partial charge on any atom is 0.225 e. The third kappa shape index (κ3) is 7.16. The third-order valence-electron chi connectivity index (χ3n) is 9.66. The van der Waals surface area contributed by atoms with Gasteiger partial charge in [-0.25, -0.2) is 9.97 Å². The number of fused-ring (bicyclic) bond motifs is 3. The van der Waals surface area contributed by atoms with Crippen LogP contribution in [0.5, 0.6) is 11.5 Å². The fraction of sp³-hybridized carbons (Fsp3) is 0.421. The lowest BCUT2D eigenvalue weighted by Crippen LogP contribution is -2.58. The molecule has 2 aromatic carbocycles. The normalized spacial score (nSPS) is 17.9. The van der Waals surface area contributed by atoms with Crippen LogP contribution in [0.25, 0.3) is 11.3 Å². The lowest BCUT2D eigenvalue weighted by Gasteiger charge is -2.45. The number of phenolic OH excluding ortho intramolecular Hbond substituents is 1. The topological polar surface area (TPSA) is 103 Å². The number of hydrogen-bond donors (Lipinski definition) is 2. The highest BCUT2D eigenvalue weighted by molar-refractivity contribution is 5.76. The van der Waals surface area contributed by atoms with Crippen LogP contribution in [-0.2, 0) is 0 Å². The maximum atomic E-state index is 10.4. The van der Waals surface area contributed by atoms with E-state index in [1.807, 2.05) is 48.5 Å². The van der Waals surface area contributed by atoms with Crippen LogP contribution < -0.4 is 19.9 Å². The van der Waals surface area contributed by atoms with Crippen LogP contribution in [0.1, 0.15) is 56.1 Å². The van der Waals surface area contributed by atoms with Gasteiger partial charge in [0.2, 0.25) is 5.95 Å². The van der Waals surface area contributed by atoms with Gasteiger partial charge in [0.1, 0.15) is 11.5 Å². The Kier molecular flexibility index (Phi) is 9.85. The first-order valence-corrected chi connectivity index (χ1v) is 17.3. The van der Waals surface area contributed by atoms with Gasteiger partial charge in [-0.05, 0) is 87.1 Å². The number of unbranched alkanes of at least 4 members (excludes halogenated alkanes) is 1. The molecule has 7 rings (SSSR count). The molecular weight excluding hydrogens is 600 g/mol. The number of benzene rings is 2. The summed E-state index contributed by atoms with van der Waals surface area (Å²) in [6.45, 7) is 9.37. The Morgan fingerprint density at radius 3 is 2.60 bits per heavy atom. The molecule has 0 amide bonds. The molecule has 10 heteroatoms. The quantitative estimate of drug-likeness (QED) is 0.178. The molecule has 248 valence electrons. The molecule has 0 radical (unpaired) electrons. The van der Waals surface area contributed by atoms with Crippen molar-refractivity contribution in [2.24, 2.45) is 0 Å². The number of hydrogen-bond acceptors (Lipinski definition) is 10. The molecule has 3 aliphatic heterocycles. The molecule has 0 unspecified atom stereocenters. The molecule has 0 saturated carbocycles. The molecule has 2 N–H and O–H groups in total. The molecule has 2 fully saturated rings. The summed E-state index contributed by atoms with van der Waals surface area (Å²) in [5.41, 5.74) is 4.60. The highest BCUT2D eigenvalue weighted by Crippen LogP contribution is 2.36. The van der Waals surface area contributed by atoms with Crippen molar-refractivity contribution in [1.29, 1.82) is 0 Å². The summed E-state index contributed by atoms with van der Waals surface area (Å²) >= 11 is 0. The van der Waals surface area contributed by atoms with Crippen LogP contribution in [0.15, 0.2) is 67.0 Å². The molecule has 0 aliphatic carbocycles. The molecule has 0 spiro atoms. The van der Waals surface area contributed by atoms with Crippen molar-refractivity contribution in [3.63, 3.8) is 0 Å². The van der Waals surface area contributed by atoms with E-state index in [4.69, 9.17) is 14.7 Å². The second kappa shape index (κ2) is 14.9. The van der Waals surface area contributed by atoms with Crippen LogP contribution in [-0.4, -0.2) is 88.6 Å². The molecule has 0 bridgehead atoms. The Labute approximate surface area is 283 Å². The van der Waals surface area contributed by atoms with Gasteiger partial charge in [0, 0.05) is 50.6 Å². The van der Waals surface area contributed by atoms with Gasteiger partial charge in [-0.15, -0.1) is 10.2 Å². The molecule has 2 saturated heterocycles. The number of piperazine rings is 1. The zero-order chi connectivity index (χ0) is 32.7. The number of likely N-dealkylation sites (tertiary alicyclic amines) is 1. The van der Waals surface area contributed by atoms with E-state index in [-0.39, 0.29) is 11.8 Å². The first kappa shape index (κ1) is 31.7. The lowest BCUT2D eigenvalue weighted by atomic mass is 9.91. The van der Waals surface area contributed by atoms with E-state index in [1.54, 1.807) is 6.07 Å². The van der Waals surface area contributed by atoms with Gasteiger partial charge in [0.15, 0.2) is 5.82 Å². The minimum atomic E-state index is 0.205. The summed E-state index contributed by atoms with van der Waals surface area (Å²) < 4.78 is 6.06. The fourth-order valence-corrected chi connectivity index (χ4v) is 6.99. The molecule has 10 nitrogen and oxygen atoms in total. The van der Waals surface area contributed by atoms with E-state index >= 15 is 0 Å². The van der Waals surface area contributed by atoms with E-state index in [0.29, 0.717) is 17.2 Å². The standard InChI is InChI=1S/C38H44N8O2/c1-2-3-10-29-11-4-7-14-36(29)48-22-9-8-17-44-18-15-28(16-19-44)30-24-40-38(41-25-30)45-20-21-46-31(27-45)26-39-37-34(46)23-33(42-43-37)32-12-5-6-13-35(32)47/h4-7,11-14,23-25,28,31,47H,2,8-9,15-22,26-27H2,1H3,(H,39,43)/t31-/m0/s1. The van der Waals surface area contributed by atoms with Crippen molar-refractivity contribution in [1.82, 2.24) is 25.1 Å². The number of rotatable bonds is 9. The first-order valence-electron chi connectivity index (χ1n) is 17.3. The predicted molar refractivity (Wildman–Crippen MR) is 190 cm³/mol. The molecule has 5 heterocycles. The fourth-order valence-electron chi connectivity index (χ4n) is 6.99. The van der Waals surface area contributed by atoms with Gasteiger partial charge < -0.3 is 29.9 Å². The average Bonchev–Trinajstić information content (AvgIpc) is 3.14. The molecule has 1 atom stereocenters. The van der Waals surface area contributed by atoms with Crippen LogP contribution in [0.2, 0.25) is 0 Å². The highest BCUT2D eigenvalue weighted by atomic mass is 16.5. The number of aromatic nitrogens is 4. The Morgan fingerprint density at radius 1 is 0.958 bits per heavy atom. The first-order chi connectivity index (χ1) is 23.7. The molecule has 2 aromatic heterocycles. The van der Waals surface area contributed by atoms with E-state index in [2.05, 4.69) is 61.4 Å². The van der Waals surface area contributed by atoms with Crippen molar-refractivity contribution in [2.45, 2.75) is 51.0 Å². The summed E-state index contributed by atoms with van der Waals surface area (Å²) in [4.78, 5) is 17.0. The van der Waals surface area contributed by atoms with Crippen molar-refractivity contribution in [3.8, 4) is 34.6 Å². The number of ether oxygens (including phenoxy) is 1. The Balaban J connectivity index is 0.868. The third-order valence-corrected chi connectivity index (χ3v) is 9.66. The summed E-state index contributed by atoms with van der Waals surface area (Å²) in [5, 5.41) is 22.6. The molecular formula is C38H44N8O2. The van der Waals surface area contributed by atoms with E-state index in [1.165, 1.54) is 5.56 Å². The monoisotopic (exact) mass is 644 g/mol. The number of phenols is 1. The molecule has 4 aromatic rings. The summed E-state index contributed by atoms with van der Waals surface area (Å²) in [7, 11) is 0. The van der Waals surface area contributed by atoms with Crippen molar-refractivity contribution < 1.29 is 9.84 Å². The minimum Gasteiger partial charge on any atom is -0.507 e. The summed E-state index contributed by atoms with van der Waals surface area (Å²) in [6.07, 6.45) is 9.40. The molecule has 3 aliphatic rings. The van der Waals surface area contributed by atoms with Crippen LogP contribution in [0.4, 0.5) is 17.5 Å². The number of anilines is 3. The summed E-state index contributed by atoms with van der Waals surface area (Å²) in [6, 6.07) is 17.6. The summed E-state index contributed by atoms with van der Waals surface area (Å²) in [5.74, 6) is 9.54. The number of piperidine rings is 1. The van der Waals surface area contributed by atoms with Crippen LogP contribution >= 0.6 is 0 Å². The number of nitrogens with one attached hydrogen (secondary N) is 1. The van der Waals surface area contributed by atoms with Gasteiger partial charge in [0.25, 0.3) is 0 Å². The van der Waals surface area contributed by atoms with E-state index < -0.39 is 0 Å². The van der Waals surface area contributed by atoms with Crippen LogP contribution in [0.3, 0.4) is 0 Å². The largest absolute Gasteiger partial charge is 0.507 e. The number of nitrogens with zero attached hydrogens (tertiary/aromatic N) is 7. The predicted octanol–water partition coefficient (Wildman–Crippen LogP) is 5.56. The van der Waals surface area contributed by atoms with Crippen molar-refractivity contribution in [2.75, 3.05) is 67.5 Å². The second-order valence-corrected chi connectivity index (χ2v) is 12.8. The van der Waals surface area contributed by atoms with Gasteiger partial charge in [-0.3, -0.25) is 0 Å². The molecule has 48 heavy (non-hydrogen) atoms. The lowest BCUT2D eigenvalue weighted by molar-refractivity contribution is 0.202. The van der Waals surface area contributed by atoms with Crippen molar-refractivity contribution in [3.05, 3.63) is 78.1 Å². The second-order valence-electron chi connectivity index (χ2n) is 12.8. The average molecular weight is 645 g/mol.